The molecule has 1 aliphatic carbocycles. The summed E-state index contributed by atoms with van der Waals surface area (Å²) in [5, 5.41) is 8.24. The molecule has 0 amide bonds. The molecular weight excluding hydrogens is 266 g/mol. The largest absolute Gasteiger partial charge is 0.312 e. The number of nitrogens with zero attached hydrogens (tertiary/aromatic N) is 4. The average molecular weight is 289 g/mol. The summed E-state index contributed by atoms with van der Waals surface area (Å²) in [4.78, 5) is 16.6. The molecule has 3 rings (SSSR count). The molecule has 0 bridgehead atoms. The van der Waals surface area contributed by atoms with E-state index in [1.54, 1.807) is 28.8 Å². The fraction of sp³-hybridized carbons (Fsp3) is 0.667. The third kappa shape index (κ3) is 3.00. The van der Waals surface area contributed by atoms with Gasteiger partial charge in [-0.25, -0.2) is 4.98 Å². The fourth-order valence-electron chi connectivity index (χ4n) is 3.08. The Morgan fingerprint density at radius 2 is 2.10 bits per heavy atom. The van der Waals surface area contributed by atoms with E-state index in [0.717, 1.165) is 12.5 Å². The number of aromatic nitrogens is 4. The van der Waals surface area contributed by atoms with Gasteiger partial charge in [0, 0.05) is 26.2 Å². The minimum Gasteiger partial charge on any atom is -0.312 e. The number of hydrogen-bond acceptors (Lipinski definition) is 4. The predicted octanol–water partition coefficient (Wildman–Crippen LogP) is 1.30. The molecule has 0 aliphatic heterocycles. The van der Waals surface area contributed by atoms with E-state index < -0.39 is 0 Å². The standard InChI is InChI=1S/C15H23N5O/c1-11-3-5-12(6-4-11)16-7-8-20-10-17-14-13(15(20)21)9-18-19(14)2/h9-12,16H,3-8H2,1-2H3. The van der Waals surface area contributed by atoms with Crippen LogP contribution in [0.4, 0.5) is 0 Å². The normalized spacial score (nSPS) is 22.8. The van der Waals surface area contributed by atoms with Crippen molar-refractivity contribution < 1.29 is 0 Å². The summed E-state index contributed by atoms with van der Waals surface area (Å²) in [6, 6.07) is 0.604. The van der Waals surface area contributed by atoms with Crippen LogP contribution in [0, 0.1) is 5.92 Å². The summed E-state index contributed by atoms with van der Waals surface area (Å²) < 4.78 is 3.30. The van der Waals surface area contributed by atoms with Crippen LogP contribution in [0.25, 0.3) is 11.0 Å². The van der Waals surface area contributed by atoms with Crippen LogP contribution < -0.4 is 10.9 Å². The third-order valence-electron chi connectivity index (χ3n) is 4.52. The van der Waals surface area contributed by atoms with Crippen LogP contribution in [-0.4, -0.2) is 31.9 Å². The highest BCUT2D eigenvalue weighted by Crippen LogP contribution is 2.23. The molecule has 6 nitrogen and oxygen atoms in total. The Morgan fingerprint density at radius 3 is 2.86 bits per heavy atom. The molecule has 1 saturated carbocycles. The zero-order chi connectivity index (χ0) is 14.8. The van der Waals surface area contributed by atoms with Gasteiger partial charge in [-0.1, -0.05) is 6.92 Å². The van der Waals surface area contributed by atoms with E-state index in [1.165, 1.54) is 25.7 Å². The minimum atomic E-state index is -0.00725. The zero-order valence-corrected chi connectivity index (χ0v) is 12.7. The summed E-state index contributed by atoms with van der Waals surface area (Å²) in [5.74, 6) is 0.864. The summed E-state index contributed by atoms with van der Waals surface area (Å²) in [6.07, 6.45) is 8.32. The van der Waals surface area contributed by atoms with E-state index in [9.17, 15) is 4.79 Å². The maximum Gasteiger partial charge on any atom is 0.264 e. The van der Waals surface area contributed by atoms with Gasteiger partial charge in [0.2, 0.25) is 0 Å². The second-order valence-electron chi connectivity index (χ2n) is 6.16. The molecule has 2 aromatic rings. The molecule has 6 heteroatoms. The lowest BCUT2D eigenvalue weighted by Gasteiger charge is -2.27. The Kier molecular flexibility index (Phi) is 4.05. The first kappa shape index (κ1) is 14.3. The highest BCUT2D eigenvalue weighted by Gasteiger charge is 2.17. The number of rotatable bonds is 4. The minimum absolute atomic E-state index is 0.00725. The Morgan fingerprint density at radius 1 is 1.33 bits per heavy atom. The SMILES string of the molecule is CC1CCC(NCCn2cnc3c(cnn3C)c2=O)CC1. The van der Waals surface area contributed by atoms with E-state index in [0.29, 0.717) is 23.6 Å². The molecule has 0 aromatic carbocycles. The molecule has 0 unspecified atom stereocenters. The number of hydrogen-bond donors (Lipinski definition) is 1. The molecule has 1 aliphatic rings. The van der Waals surface area contributed by atoms with Crippen molar-refractivity contribution in [2.75, 3.05) is 6.54 Å². The molecule has 2 aromatic heterocycles. The van der Waals surface area contributed by atoms with Gasteiger partial charge in [-0.15, -0.1) is 0 Å². The van der Waals surface area contributed by atoms with Gasteiger partial charge in [-0.2, -0.15) is 5.10 Å². The summed E-state index contributed by atoms with van der Waals surface area (Å²) >= 11 is 0. The van der Waals surface area contributed by atoms with Crippen molar-refractivity contribution >= 4 is 11.0 Å². The van der Waals surface area contributed by atoms with E-state index in [-0.39, 0.29) is 5.56 Å². The molecule has 0 radical (unpaired) electrons. The number of nitrogens with one attached hydrogen (secondary N) is 1. The van der Waals surface area contributed by atoms with Crippen molar-refractivity contribution in [3.8, 4) is 0 Å². The van der Waals surface area contributed by atoms with Crippen LogP contribution in [0.1, 0.15) is 32.6 Å². The van der Waals surface area contributed by atoms with Crippen LogP contribution in [0.2, 0.25) is 0 Å². The zero-order valence-electron chi connectivity index (χ0n) is 12.7. The number of fused-ring (bicyclic) bond motifs is 1. The molecule has 1 fully saturated rings. The van der Waals surface area contributed by atoms with Crippen LogP contribution >= 0.6 is 0 Å². The molecule has 114 valence electrons. The second-order valence-corrected chi connectivity index (χ2v) is 6.16. The molecule has 2 heterocycles. The van der Waals surface area contributed by atoms with Crippen molar-refractivity contribution in [2.45, 2.75) is 45.2 Å². The summed E-state index contributed by atoms with van der Waals surface area (Å²) in [5.41, 5.74) is 0.637. The van der Waals surface area contributed by atoms with Crippen molar-refractivity contribution in [3.05, 3.63) is 22.9 Å². The van der Waals surface area contributed by atoms with E-state index in [4.69, 9.17) is 0 Å². The van der Waals surface area contributed by atoms with Gasteiger partial charge in [0.1, 0.15) is 11.7 Å². The summed E-state index contributed by atoms with van der Waals surface area (Å²) in [7, 11) is 1.80. The maximum absolute atomic E-state index is 12.3. The Bertz CT molecular complexity index is 666. The highest BCUT2D eigenvalue weighted by atomic mass is 16.1. The van der Waals surface area contributed by atoms with E-state index in [1.807, 2.05) is 0 Å². The Labute approximate surface area is 124 Å². The lowest BCUT2D eigenvalue weighted by Crippen LogP contribution is -2.36. The fourth-order valence-corrected chi connectivity index (χ4v) is 3.08. The van der Waals surface area contributed by atoms with Crippen LogP contribution in [0.15, 0.2) is 17.3 Å². The lowest BCUT2D eigenvalue weighted by molar-refractivity contribution is 0.305. The first-order valence-electron chi connectivity index (χ1n) is 7.75. The van der Waals surface area contributed by atoms with E-state index >= 15 is 0 Å². The van der Waals surface area contributed by atoms with Gasteiger partial charge in [0.05, 0.1) is 6.20 Å². The molecule has 21 heavy (non-hydrogen) atoms. The van der Waals surface area contributed by atoms with Gasteiger partial charge >= 0.3 is 0 Å². The second kappa shape index (κ2) is 5.97. The average Bonchev–Trinajstić information content (AvgIpc) is 2.86. The van der Waals surface area contributed by atoms with Gasteiger partial charge in [0.25, 0.3) is 5.56 Å². The molecule has 1 N–H and O–H groups in total. The molecule has 0 saturated heterocycles. The van der Waals surface area contributed by atoms with Gasteiger partial charge < -0.3 is 5.32 Å². The van der Waals surface area contributed by atoms with Crippen molar-refractivity contribution in [3.63, 3.8) is 0 Å². The smallest absolute Gasteiger partial charge is 0.264 e. The third-order valence-corrected chi connectivity index (χ3v) is 4.52. The summed E-state index contributed by atoms with van der Waals surface area (Å²) in [6.45, 7) is 3.79. The van der Waals surface area contributed by atoms with Gasteiger partial charge in [-0.05, 0) is 31.6 Å². The predicted molar refractivity (Wildman–Crippen MR) is 82.2 cm³/mol. The first-order valence-corrected chi connectivity index (χ1v) is 7.75. The van der Waals surface area contributed by atoms with Crippen LogP contribution in [-0.2, 0) is 13.6 Å². The Balaban J connectivity index is 1.61. The van der Waals surface area contributed by atoms with Crippen molar-refractivity contribution in [1.29, 1.82) is 0 Å². The molecular formula is C15H23N5O. The van der Waals surface area contributed by atoms with Gasteiger partial charge in [0.15, 0.2) is 5.65 Å². The van der Waals surface area contributed by atoms with E-state index in [2.05, 4.69) is 22.3 Å². The monoisotopic (exact) mass is 289 g/mol. The van der Waals surface area contributed by atoms with Crippen LogP contribution in [0.5, 0.6) is 0 Å². The van der Waals surface area contributed by atoms with Crippen molar-refractivity contribution in [2.24, 2.45) is 13.0 Å². The lowest BCUT2D eigenvalue weighted by atomic mass is 9.87. The van der Waals surface area contributed by atoms with Gasteiger partial charge in [-0.3, -0.25) is 14.0 Å². The number of aryl methyl sites for hydroxylation is 1. The topological polar surface area (TPSA) is 64.7 Å². The van der Waals surface area contributed by atoms with Crippen molar-refractivity contribution in [1.82, 2.24) is 24.6 Å². The maximum atomic E-state index is 12.3. The quantitative estimate of drug-likeness (QED) is 0.921. The molecule has 0 atom stereocenters. The highest BCUT2D eigenvalue weighted by molar-refractivity contribution is 5.72. The Hall–Kier alpha value is -1.69. The molecule has 0 spiro atoms. The first-order chi connectivity index (χ1) is 10.1. The van der Waals surface area contributed by atoms with Crippen LogP contribution in [0.3, 0.4) is 0 Å².